The predicted molar refractivity (Wildman–Crippen MR) is 88.2 cm³/mol. The SMILES string of the molecule is CC.COC(=O)CCC(=O)N1CC=C(c2ccccc2)CC1. The molecule has 0 unspecified atom stereocenters. The van der Waals surface area contributed by atoms with Crippen LogP contribution in [0.4, 0.5) is 0 Å². The van der Waals surface area contributed by atoms with E-state index in [4.69, 9.17) is 0 Å². The lowest BCUT2D eigenvalue weighted by Crippen LogP contribution is -2.34. The predicted octanol–water partition coefficient (Wildman–Crippen LogP) is 3.28. The fraction of sp³-hybridized carbons (Fsp3) is 0.444. The first-order valence-electron chi connectivity index (χ1n) is 7.79. The summed E-state index contributed by atoms with van der Waals surface area (Å²) in [5, 5.41) is 0. The van der Waals surface area contributed by atoms with Crippen molar-refractivity contribution in [2.75, 3.05) is 20.2 Å². The van der Waals surface area contributed by atoms with Crippen LogP contribution in [0.2, 0.25) is 0 Å². The van der Waals surface area contributed by atoms with Crippen molar-refractivity contribution in [3.8, 4) is 0 Å². The maximum absolute atomic E-state index is 12.0. The summed E-state index contributed by atoms with van der Waals surface area (Å²) >= 11 is 0. The second-order valence-electron chi connectivity index (χ2n) is 4.76. The summed E-state index contributed by atoms with van der Waals surface area (Å²) < 4.78 is 4.54. The maximum Gasteiger partial charge on any atom is 0.306 e. The first-order chi connectivity index (χ1) is 10.7. The molecule has 0 aromatic heterocycles. The molecule has 0 atom stereocenters. The van der Waals surface area contributed by atoms with E-state index in [1.165, 1.54) is 18.2 Å². The van der Waals surface area contributed by atoms with Gasteiger partial charge in [0, 0.05) is 19.5 Å². The van der Waals surface area contributed by atoms with Gasteiger partial charge in [-0.1, -0.05) is 50.3 Å². The summed E-state index contributed by atoms with van der Waals surface area (Å²) in [7, 11) is 1.34. The van der Waals surface area contributed by atoms with E-state index in [-0.39, 0.29) is 24.7 Å². The van der Waals surface area contributed by atoms with Gasteiger partial charge in [0.1, 0.15) is 0 Å². The van der Waals surface area contributed by atoms with E-state index in [1.807, 2.05) is 32.0 Å². The normalized spacial score (nSPS) is 13.6. The molecule has 0 saturated heterocycles. The third kappa shape index (κ3) is 5.35. The number of carbonyl (C=O) groups is 2. The number of rotatable bonds is 4. The summed E-state index contributed by atoms with van der Waals surface area (Å²) in [6, 6.07) is 10.2. The minimum atomic E-state index is -0.337. The highest BCUT2D eigenvalue weighted by Gasteiger charge is 2.18. The first-order valence-corrected chi connectivity index (χ1v) is 7.79. The molecule has 1 aliphatic heterocycles. The van der Waals surface area contributed by atoms with E-state index in [9.17, 15) is 9.59 Å². The van der Waals surface area contributed by atoms with Crippen LogP contribution in [-0.2, 0) is 14.3 Å². The molecule has 0 bridgehead atoms. The van der Waals surface area contributed by atoms with E-state index in [1.54, 1.807) is 4.90 Å². The van der Waals surface area contributed by atoms with Crippen molar-refractivity contribution in [1.29, 1.82) is 0 Å². The third-order valence-electron chi connectivity index (χ3n) is 3.48. The van der Waals surface area contributed by atoms with Gasteiger partial charge in [-0.25, -0.2) is 0 Å². The van der Waals surface area contributed by atoms with Crippen molar-refractivity contribution < 1.29 is 14.3 Å². The van der Waals surface area contributed by atoms with Gasteiger partial charge in [-0.05, 0) is 17.6 Å². The quantitative estimate of drug-likeness (QED) is 0.802. The largest absolute Gasteiger partial charge is 0.469 e. The van der Waals surface area contributed by atoms with Gasteiger partial charge in [-0.15, -0.1) is 0 Å². The molecule has 4 heteroatoms. The molecular weight excluding hydrogens is 278 g/mol. The number of hydrogen-bond acceptors (Lipinski definition) is 3. The van der Waals surface area contributed by atoms with E-state index >= 15 is 0 Å². The van der Waals surface area contributed by atoms with E-state index in [2.05, 4.69) is 22.9 Å². The second kappa shape index (κ2) is 9.77. The Morgan fingerprint density at radius 2 is 1.82 bits per heavy atom. The molecule has 0 fully saturated rings. The number of nitrogens with zero attached hydrogens (tertiary/aromatic N) is 1. The van der Waals surface area contributed by atoms with Crippen LogP contribution in [0, 0.1) is 0 Å². The molecule has 1 heterocycles. The van der Waals surface area contributed by atoms with Crippen molar-refractivity contribution in [2.45, 2.75) is 33.1 Å². The van der Waals surface area contributed by atoms with E-state index in [0.29, 0.717) is 13.1 Å². The minimum absolute atomic E-state index is 0.0127. The van der Waals surface area contributed by atoms with Crippen LogP contribution < -0.4 is 0 Å². The molecule has 1 aromatic rings. The lowest BCUT2D eigenvalue weighted by atomic mass is 9.99. The molecule has 1 aliphatic rings. The third-order valence-corrected chi connectivity index (χ3v) is 3.48. The molecule has 1 aromatic carbocycles. The average Bonchev–Trinajstić information content (AvgIpc) is 2.62. The number of amides is 1. The Balaban J connectivity index is 0.00000116. The Labute approximate surface area is 132 Å². The van der Waals surface area contributed by atoms with Gasteiger partial charge in [0.2, 0.25) is 5.91 Å². The molecule has 1 amide bonds. The minimum Gasteiger partial charge on any atom is -0.469 e. The Morgan fingerprint density at radius 1 is 1.14 bits per heavy atom. The summed E-state index contributed by atoms with van der Waals surface area (Å²) in [5.41, 5.74) is 2.50. The molecule has 4 nitrogen and oxygen atoms in total. The number of methoxy groups -OCH3 is 1. The van der Waals surface area contributed by atoms with Gasteiger partial charge in [-0.3, -0.25) is 9.59 Å². The number of benzene rings is 1. The van der Waals surface area contributed by atoms with Crippen LogP contribution in [0.15, 0.2) is 36.4 Å². The highest BCUT2D eigenvalue weighted by Crippen LogP contribution is 2.22. The van der Waals surface area contributed by atoms with Gasteiger partial charge >= 0.3 is 5.97 Å². The zero-order chi connectivity index (χ0) is 16.4. The molecule has 22 heavy (non-hydrogen) atoms. The van der Waals surface area contributed by atoms with Crippen LogP contribution in [0.5, 0.6) is 0 Å². The van der Waals surface area contributed by atoms with Gasteiger partial charge in [-0.2, -0.15) is 0 Å². The van der Waals surface area contributed by atoms with E-state index < -0.39 is 0 Å². The Kier molecular flexibility index (Phi) is 7.97. The van der Waals surface area contributed by atoms with Gasteiger partial charge < -0.3 is 9.64 Å². The second-order valence-corrected chi connectivity index (χ2v) is 4.76. The average molecular weight is 303 g/mol. The van der Waals surface area contributed by atoms with Gasteiger partial charge in [0.15, 0.2) is 0 Å². The summed E-state index contributed by atoms with van der Waals surface area (Å²) in [6.07, 6.45) is 3.32. The molecule has 0 spiro atoms. The Hall–Kier alpha value is -2.10. The number of carbonyl (C=O) groups excluding carboxylic acids is 2. The molecule has 0 aliphatic carbocycles. The molecule has 120 valence electrons. The molecular formula is C18H25NO3. The molecule has 2 rings (SSSR count). The molecule has 0 N–H and O–H groups in total. The number of hydrogen-bond donors (Lipinski definition) is 0. The smallest absolute Gasteiger partial charge is 0.306 e. The highest BCUT2D eigenvalue weighted by atomic mass is 16.5. The van der Waals surface area contributed by atoms with Crippen LogP contribution in [0.3, 0.4) is 0 Å². The van der Waals surface area contributed by atoms with Crippen LogP contribution >= 0.6 is 0 Å². The topological polar surface area (TPSA) is 46.6 Å². The van der Waals surface area contributed by atoms with Crippen molar-refractivity contribution in [3.05, 3.63) is 42.0 Å². The summed E-state index contributed by atoms with van der Waals surface area (Å²) in [6.45, 7) is 5.32. The number of ether oxygens (including phenoxy) is 1. The summed E-state index contributed by atoms with van der Waals surface area (Å²) in [5.74, 6) is -0.324. The van der Waals surface area contributed by atoms with Gasteiger partial charge in [0.25, 0.3) is 0 Å². The number of esters is 1. The van der Waals surface area contributed by atoms with Crippen LogP contribution in [-0.4, -0.2) is 37.0 Å². The fourth-order valence-corrected chi connectivity index (χ4v) is 2.28. The molecule has 0 saturated carbocycles. The van der Waals surface area contributed by atoms with Gasteiger partial charge in [0.05, 0.1) is 13.5 Å². The highest BCUT2D eigenvalue weighted by molar-refractivity contribution is 5.82. The van der Waals surface area contributed by atoms with Crippen molar-refractivity contribution in [2.24, 2.45) is 0 Å². The van der Waals surface area contributed by atoms with Crippen LogP contribution in [0.25, 0.3) is 5.57 Å². The zero-order valence-corrected chi connectivity index (χ0v) is 13.7. The van der Waals surface area contributed by atoms with E-state index in [0.717, 1.165) is 6.42 Å². The Morgan fingerprint density at radius 3 is 2.36 bits per heavy atom. The van der Waals surface area contributed by atoms with Crippen LogP contribution in [0.1, 0.15) is 38.7 Å². The first kappa shape index (κ1) is 18.0. The monoisotopic (exact) mass is 303 g/mol. The zero-order valence-electron chi connectivity index (χ0n) is 13.7. The summed E-state index contributed by atoms with van der Waals surface area (Å²) in [4.78, 5) is 24.8. The fourth-order valence-electron chi connectivity index (χ4n) is 2.28. The van der Waals surface area contributed by atoms with Crippen molar-refractivity contribution in [1.82, 2.24) is 4.90 Å². The molecule has 0 radical (unpaired) electrons. The lowest BCUT2D eigenvalue weighted by molar-refractivity contribution is -0.143. The standard InChI is InChI=1S/C16H19NO3.C2H6/c1-20-16(19)8-7-15(18)17-11-9-14(10-12-17)13-5-3-2-4-6-13;1-2/h2-6,9H,7-8,10-12H2,1H3;1-2H3. The van der Waals surface area contributed by atoms with Crippen molar-refractivity contribution >= 4 is 17.4 Å². The maximum atomic E-state index is 12.0. The Bertz CT molecular complexity index is 508. The van der Waals surface area contributed by atoms with Crippen molar-refractivity contribution in [3.63, 3.8) is 0 Å². The lowest BCUT2D eigenvalue weighted by Gasteiger charge is -2.26.